The van der Waals surface area contributed by atoms with Crippen molar-refractivity contribution in [1.82, 2.24) is 10.2 Å². The Bertz CT molecular complexity index is 498. The highest BCUT2D eigenvalue weighted by molar-refractivity contribution is 8.77. The number of amides is 3. The van der Waals surface area contributed by atoms with Gasteiger partial charge in [0.25, 0.3) is 0 Å². The van der Waals surface area contributed by atoms with Crippen molar-refractivity contribution in [3.8, 4) is 0 Å². The van der Waals surface area contributed by atoms with Crippen molar-refractivity contribution in [3.05, 3.63) is 0 Å². The van der Waals surface area contributed by atoms with Crippen molar-refractivity contribution in [3.63, 3.8) is 0 Å². The molecular formula is C17H30N2O4S2. The highest BCUT2D eigenvalue weighted by Crippen LogP contribution is 2.37. The molecular weight excluding hydrogens is 360 g/mol. The molecule has 0 aromatic carbocycles. The third-order valence-corrected chi connectivity index (χ3v) is 7.57. The van der Waals surface area contributed by atoms with Crippen LogP contribution in [0.4, 0.5) is 4.79 Å². The first kappa shape index (κ1) is 20.9. The average molecular weight is 391 g/mol. The van der Waals surface area contributed by atoms with Gasteiger partial charge in [0.15, 0.2) is 0 Å². The Morgan fingerprint density at radius 1 is 1.32 bits per heavy atom. The predicted molar refractivity (Wildman–Crippen MR) is 102 cm³/mol. The van der Waals surface area contributed by atoms with Crippen molar-refractivity contribution >= 4 is 33.5 Å². The van der Waals surface area contributed by atoms with Crippen LogP contribution < -0.4 is 5.32 Å². The Labute approximate surface area is 158 Å². The number of urea groups is 1. The van der Waals surface area contributed by atoms with E-state index in [1.54, 1.807) is 26.5 Å². The topological polar surface area (TPSA) is 67.9 Å². The molecule has 1 N–H and O–H groups in total. The Morgan fingerprint density at radius 2 is 2.00 bits per heavy atom. The van der Waals surface area contributed by atoms with E-state index >= 15 is 0 Å². The number of hydrogen-bond donors (Lipinski definition) is 1. The molecule has 144 valence electrons. The Kier molecular flexibility index (Phi) is 7.09. The molecule has 0 aromatic rings. The van der Waals surface area contributed by atoms with Crippen molar-refractivity contribution in [2.75, 3.05) is 5.94 Å². The van der Waals surface area contributed by atoms with E-state index in [9.17, 15) is 9.59 Å². The molecule has 3 unspecified atom stereocenters. The number of hydrogen-bond acceptors (Lipinski definition) is 6. The number of rotatable bonds is 6. The van der Waals surface area contributed by atoms with Crippen LogP contribution in [0.5, 0.6) is 0 Å². The minimum Gasteiger partial charge on any atom is -0.364 e. The molecule has 5 atom stereocenters. The SMILES string of the molecule is CC[C@H]1O[C@@H](N2C(=O)NC(=O)C(C)C2C)CC1OCSSC(C)(C)C. The summed E-state index contributed by atoms with van der Waals surface area (Å²) in [4.78, 5) is 25.7. The highest BCUT2D eigenvalue weighted by atomic mass is 33.1. The van der Waals surface area contributed by atoms with Crippen LogP contribution in [0.1, 0.15) is 54.4 Å². The summed E-state index contributed by atoms with van der Waals surface area (Å²) < 4.78 is 12.3. The monoisotopic (exact) mass is 390 g/mol. The number of carbonyl (C=O) groups excluding carboxylic acids is 2. The summed E-state index contributed by atoms with van der Waals surface area (Å²) in [5.74, 6) is 0.123. The third kappa shape index (κ3) is 5.28. The zero-order valence-corrected chi connectivity index (χ0v) is 17.5. The van der Waals surface area contributed by atoms with Crippen LogP contribution in [-0.2, 0) is 14.3 Å². The zero-order chi connectivity index (χ0) is 18.8. The van der Waals surface area contributed by atoms with E-state index in [0.29, 0.717) is 12.4 Å². The smallest absolute Gasteiger partial charge is 0.326 e. The van der Waals surface area contributed by atoms with Gasteiger partial charge in [0.2, 0.25) is 5.91 Å². The fourth-order valence-corrected chi connectivity index (χ4v) is 5.05. The number of imide groups is 1. The summed E-state index contributed by atoms with van der Waals surface area (Å²) in [6, 6.07) is -0.554. The molecule has 2 heterocycles. The van der Waals surface area contributed by atoms with Gasteiger partial charge >= 0.3 is 6.03 Å². The lowest BCUT2D eigenvalue weighted by atomic mass is 9.98. The molecule has 25 heavy (non-hydrogen) atoms. The van der Waals surface area contributed by atoms with E-state index in [1.165, 1.54) is 0 Å². The predicted octanol–water partition coefficient (Wildman–Crippen LogP) is 3.61. The summed E-state index contributed by atoms with van der Waals surface area (Å²) in [5.41, 5.74) is 0. The lowest BCUT2D eigenvalue weighted by Gasteiger charge is -2.40. The molecule has 0 aliphatic carbocycles. The number of ether oxygens (including phenoxy) is 2. The van der Waals surface area contributed by atoms with Gasteiger partial charge in [-0.3, -0.25) is 15.0 Å². The van der Waals surface area contributed by atoms with Gasteiger partial charge < -0.3 is 9.47 Å². The summed E-state index contributed by atoms with van der Waals surface area (Å²) >= 11 is 0. The van der Waals surface area contributed by atoms with Gasteiger partial charge in [-0.2, -0.15) is 0 Å². The maximum Gasteiger partial charge on any atom is 0.326 e. The Morgan fingerprint density at radius 3 is 2.60 bits per heavy atom. The molecule has 3 amide bonds. The molecule has 8 heteroatoms. The van der Waals surface area contributed by atoms with Crippen molar-refractivity contribution in [2.45, 2.75) is 83.6 Å². The maximum absolute atomic E-state index is 12.3. The van der Waals surface area contributed by atoms with E-state index in [4.69, 9.17) is 9.47 Å². The average Bonchev–Trinajstić information content (AvgIpc) is 2.91. The van der Waals surface area contributed by atoms with Crippen LogP contribution >= 0.6 is 21.6 Å². The van der Waals surface area contributed by atoms with Crippen LogP contribution in [-0.4, -0.2) is 52.0 Å². The molecule has 6 nitrogen and oxygen atoms in total. The fourth-order valence-electron chi connectivity index (χ4n) is 3.05. The lowest BCUT2D eigenvalue weighted by Crippen LogP contribution is -2.61. The fraction of sp³-hybridized carbons (Fsp3) is 0.882. The van der Waals surface area contributed by atoms with E-state index < -0.39 is 0 Å². The van der Waals surface area contributed by atoms with Gasteiger partial charge in [0, 0.05) is 17.2 Å². The molecule has 2 fully saturated rings. The van der Waals surface area contributed by atoms with Gasteiger partial charge in [-0.05, 0) is 13.3 Å². The second kappa shape index (κ2) is 8.50. The second-order valence-electron chi connectivity index (χ2n) is 7.64. The van der Waals surface area contributed by atoms with E-state index in [1.807, 2.05) is 13.8 Å². The zero-order valence-electron chi connectivity index (χ0n) is 15.9. The quantitative estimate of drug-likeness (QED) is 0.424. The first-order valence-corrected chi connectivity index (χ1v) is 11.2. The van der Waals surface area contributed by atoms with E-state index in [-0.39, 0.29) is 47.1 Å². The molecule has 2 saturated heterocycles. The van der Waals surface area contributed by atoms with Crippen molar-refractivity contribution in [1.29, 1.82) is 0 Å². The summed E-state index contributed by atoms with van der Waals surface area (Å²) in [5, 5.41) is 2.42. The molecule has 0 spiro atoms. The first-order chi connectivity index (χ1) is 11.6. The standard InChI is InChI=1S/C17H30N2O4S2/c1-7-12-13(22-9-24-25-17(4,5)6)8-14(23-12)19-11(3)10(2)15(20)18-16(19)21/h10-14H,7-9H2,1-6H3,(H,18,20,21)/t10?,11?,12-,13?,14-/m1/s1. The molecule has 2 rings (SSSR count). The van der Waals surface area contributed by atoms with Crippen LogP contribution in [0.15, 0.2) is 0 Å². The van der Waals surface area contributed by atoms with Crippen molar-refractivity contribution in [2.24, 2.45) is 5.92 Å². The van der Waals surface area contributed by atoms with Crippen LogP contribution in [0.25, 0.3) is 0 Å². The normalized spacial score (nSPS) is 33.7. The van der Waals surface area contributed by atoms with E-state index in [0.717, 1.165) is 6.42 Å². The lowest BCUT2D eigenvalue weighted by molar-refractivity contribution is -0.131. The van der Waals surface area contributed by atoms with Gasteiger partial charge in [0.05, 0.1) is 18.1 Å². The summed E-state index contributed by atoms with van der Waals surface area (Å²) in [7, 11) is 3.49. The highest BCUT2D eigenvalue weighted by Gasteiger charge is 2.45. The molecule has 2 aliphatic rings. The molecule has 0 aromatic heterocycles. The molecule has 0 radical (unpaired) electrons. The number of nitrogens with zero attached hydrogens (tertiary/aromatic N) is 1. The minimum absolute atomic E-state index is 0.0295. The minimum atomic E-state index is -0.367. The Balaban J connectivity index is 1.93. The molecule has 2 aliphatic heterocycles. The van der Waals surface area contributed by atoms with Gasteiger partial charge in [-0.15, -0.1) is 0 Å². The number of nitrogens with one attached hydrogen (secondary N) is 1. The van der Waals surface area contributed by atoms with E-state index in [2.05, 4.69) is 33.0 Å². The van der Waals surface area contributed by atoms with Crippen LogP contribution in [0, 0.1) is 5.92 Å². The van der Waals surface area contributed by atoms with Crippen LogP contribution in [0.2, 0.25) is 0 Å². The second-order valence-corrected chi connectivity index (χ2v) is 10.7. The first-order valence-electron chi connectivity index (χ1n) is 8.85. The number of carbonyl (C=O) groups is 2. The van der Waals surface area contributed by atoms with Gasteiger partial charge in [0.1, 0.15) is 12.2 Å². The molecule has 0 bridgehead atoms. The van der Waals surface area contributed by atoms with Gasteiger partial charge in [-0.25, -0.2) is 4.79 Å². The summed E-state index contributed by atoms with van der Waals surface area (Å²) in [6.45, 7) is 12.3. The summed E-state index contributed by atoms with van der Waals surface area (Å²) in [6.07, 6.45) is 1.06. The maximum atomic E-state index is 12.3. The van der Waals surface area contributed by atoms with Crippen LogP contribution in [0.3, 0.4) is 0 Å². The third-order valence-electron chi connectivity index (χ3n) is 4.57. The van der Waals surface area contributed by atoms with Crippen molar-refractivity contribution < 1.29 is 19.1 Å². The molecule has 0 saturated carbocycles. The van der Waals surface area contributed by atoms with Gasteiger partial charge in [-0.1, -0.05) is 56.2 Å². The Hall–Kier alpha value is -0.440. The largest absolute Gasteiger partial charge is 0.364 e.